The third-order valence-electron chi connectivity index (χ3n) is 6.35. The van der Waals surface area contributed by atoms with Crippen molar-refractivity contribution in [2.75, 3.05) is 17.7 Å². The van der Waals surface area contributed by atoms with E-state index >= 15 is 0 Å². The molecule has 4 N–H and O–H groups in total. The van der Waals surface area contributed by atoms with Gasteiger partial charge in [-0.2, -0.15) is 0 Å². The quantitative estimate of drug-likeness (QED) is 0.361. The molecule has 34 heavy (non-hydrogen) atoms. The van der Waals surface area contributed by atoms with Crippen molar-refractivity contribution in [3.05, 3.63) is 66.6 Å². The zero-order valence-electron chi connectivity index (χ0n) is 19.1. The number of hydrogen-bond donors (Lipinski definition) is 3. The zero-order chi connectivity index (χ0) is 23.5. The van der Waals surface area contributed by atoms with Crippen molar-refractivity contribution < 1.29 is 9.53 Å². The average molecular weight is 457 g/mol. The largest absolute Gasteiger partial charge is 0.495 e. The summed E-state index contributed by atoms with van der Waals surface area (Å²) in [6.07, 6.45) is 9.35. The van der Waals surface area contributed by atoms with Crippen molar-refractivity contribution in [3.8, 4) is 11.4 Å². The van der Waals surface area contributed by atoms with Crippen LogP contribution in [0.1, 0.15) is 42.5 Å². The minimum absolute atomic E-state index is 0.350. The first kappa shape index (κ1) is 21.8. The Hall–Kier alpha value is -4.07. The molecule has 174 valence electrons. The lowest BCUT2D eigenvalue weighted by atomic mass is 9.95. The molecule has 1 aliphatic carbocycles. The molecule has 8 heteroatoms. The number of amides is 1. The lowest BCUT2D eigenvalue weighted by Gasteiger charge is -2.25. The number of benzene rings is 2. The molecule has 8 nitrogen and oxygen atoms in total. The molecule has 0 atom stereocenters. The molecule has 1 amide bonds. The number of nitrogens with two attached hydrogens (primary N) is 1. The van der Waals surface area contributed by atoms with Crippen LogP contribution in [0.4, 0.5) is 17.2 Å². The van der Waals surface area contributed by atoms with Gasteiger partial charge in [-0.1, -0.05) is 31.4 Å². The van der Waals surface area contributed by atoms with Crippen LogP contribution in [0.15, 0.2) is 61.1 Å². The Balaban J connectivity index is 1.51. The summed E-state index contributed by atoms with van der Waals surface area (Å²) < 4.78 is 7.44. The Morgan fingerprint density at radius 2 is 1.88 bits per heavy atom. The summed E-state index contributed by atoms with van der Waals surface area (Å²) in [5.74, 6) is 0.976. The fourth-order valence-electron chi connectivity index (χ4n) is 4.62. The normalized spacial score (nSPS) is 14.1. The highest BCUT2D eigenvalue weighted by Crippen LogP contribution is 2.32. The molecule has 1 fully saturated rings. The number of rotatable bonds is 7. The summed E-state index contributed by atoms with van der Waals surface area (Å²) in [7, 11) is 1.64. The lowest BCUT2D eigenvalue weighted by molar-refractivity contribution is 0.100. The molecule has 2 aromatic carbocycles. The molecule has 4 aromatic rings. The average Bonchev–Trinajstić information content (AvgIpc) is 3.30. The molecule has 2 heterocycles. The predicted molar refractivity (Wildman–Crippen MR) is 134 cm³/mol. The van der Waals surface area contributed by atoms with Crippen LogP contribution >= 0.6 is 0 Å². The molecule has 0 bridgehead atoms. The highest BCUT2D eigenvalue weighted by molar-refractivity contribution is 5.99. The number of carbonyl (C=O) groups excluding carboxylic acids is 1. The van der Waals surface area contributed by atoms with E-state index in [0.29, 0.717) is 17.4 Å². The Labute approximate surface area is 198 Å². The fourth-order valence-corrected chi connectivity index (χ4v) is 4.62. The van der Waals surface area contributed by atoms with Crippen LogP contribution in [0.25, 0.3) is 16.7 Å². The number of anilines is 3. The monoisotopic (exact) mass is 456 g/mol. The number of hydrogen-bond acceptors (Lipinski definition) is 6. The molecular weight excluding hydrogens is 428 g/mol. The SMILES string of the molecule is COc1ccccc1Nc1ncnc2c1ccn2-c1ccc(C(N)=O)c(NC2CCCCC2)c1. The standard InChI is InChI=1S/C26H28N6O2/c1-34-23-10-6-5-9-21(23)31-25-20-13-14-32(26(20)29-16-28-25)18-11-12-19(24(27)33)22(15-18)30-17-7-3-2-4-8-17/h5-6,9-17,30H,2-4,7-8H2,1H3,(H2,27,33)(H,28,29,31). The highest BCUT2D eigenvalue weighted by Gasteiger charge is 2.18. The van der Waals surface area contributed by atoms with Crippen LogP contribution in [0, 0.1) is 0 Å². The van der Waals surface area contributed by atoms with Gasteiger partial charge in [-0.15, -0.1) is 0 Å². The number of carbonyl (C=O) groups is 1. The molecular formula is C26H28N6O2. The summed E-state index contributed by atoms with van der Waals surface area (Å²) >= 11 is 0. The third kappa shape index (κ3) is 4.26. The Morgan fingerprint density at radius 3 is 2.68 bits per heavy atom. The van der Waals surface area contributed by atoms with E-state index in [1.165, 1.54) is 25.6 Å². The molecule has 5 rings (SSSR count). The molecule has 1 aliphatic rings. The summed E-state index contributed by atoms with van der Waals surface area (Å²) in [4.78, 5) is 21.1. The molecule has 0 spiro atoms. The first-order valence-electron chi connectivity index (χ1n) is 11.6. The van der Waals surface area contributed by atoms with Crippen molar-refractivity contribution >= 4 is 34.1 Å². The van der Waals surface area contributed by atoms with E-state index in [-0.39, 0.29) is 0 Å². The summed E-state index contributed by atoms with van der Waals surface area (Å²) in [6.45, 7) is 0. The number of fused-ring (bicyclic) bond motifs is 1. The second-order valence-electron chi connectivity index (χ2n) is 8.54. The molecule has 1 saturated carbocycles. The summed E-state index contributed by atoms with van der Waals surface area (Å²) in [5.41, 5.74) is 9.40. The van der Waals surface area contributed by atoms with Crippen molar-refractivity contribution in [3.63, 3.8) is 0 Å². The van der Waals surface area contributed by atoms with E-state index in [1.54, 1.807) is 13.2 Å². The second kappa shape index (κ2) is 9.43. The Bertz CT molecular complexity index is 1330. The number of primary amides is 1. The Kier molecular flexibility index (Phi) is 6.03. The van der Waals surface area contributed by atoms with Crippen LogP contribution in [0.2, 0.25) is 0 Å². The molecule has 0 radical (unpaired) electrons. The minimum atomic E-state index is -0.437. The van der Waals surface area contributed by atoms with E-state index < -0.39 is 5.91 Å². The first-order chi connectivity index (χ1) is 16.6. The van der Waals surface area contributed by atoms with Gasteiger partial charge in [0.15, 0.2) is 0 Å². The smallest absolute Gasteiger partial charge is 0.250 e. The molecule has 2 aromatic heterocycles. The van der Waals surface area contributed by atoms with Crippen molar-refractivity contribution in [2.24, 2.45) is 5.73 Å². The van der Waals surface area contributed by atoms with Gasteiger partial charge in [-0.25, -0.2) is 9.97 Å². The number of nitrogens with one attached hydrogen (secondary N) is 2. The van der Waals surface area contributed by atoms with Gasteiger partial charge < -0.3 is 25.7 Å². The van der Waals surface area contributed by atoms with E-state index in [9.17, 15) is 4.79 Å². The van der Waals surface area contributed by atoms with E-state index in [4.69, 9.17) is 10.5 Å². The molecule has 0 aliphatic heterocycles. The van der Waals surface area contributed by atoms with Crippen LogP contribution in [0.3, 0.4) is 0 Å². The van der Waals surface area contributed by atoms with Crippen molar-refractivity contribution in [2.45, 2.75) is 38.1 Å². The van der Waals surface area contributed by atoms with E-state index in [2.05, 4.69) is 20.6 Å². The van der Waals surface area contributed by atoms with E-state index in [0.717, 1.165) is 46.7 Å². The maximum atomic E-state index is 12.1. The highest BCUT2D eigenvalue weighted by atomic mass is 16.5. The zero-order valence-corrected chi connectivity index (χ0v) is 19.1. The van der Waals surface area contributed by atoms with E-state index in [1.807, 2.05) is 53.2 Å². The van der Waals surface area contributed by atoms with Crippen LogP contribution in [-0.2, 0) is 0 Å². The van der Waals surface area contributed by atoms with Gasteiger partial charge >= 0.3 is 0 Å². The van der Waals surface area contributed by atoms with Crippen LogP contribution in [-0.4, -0.2) is 33.6 Å². The predicted octanol–water partition coefficient (Wildman–Crippen LogP) is 5.02. The van der Waals surface area contributed by atoms with Crippen LogP contribution in [0.5, 0.6) is 5.75 Å². The second-order valence-corrected chi connectivity index (χ2v) is 8.54. The van der Waals surface area contributed by atoms with Crippen LogP contribution < -0.4 is 21.1 Å². The Morgan fingerprint density at radius 1 is 1.06 bits per heavy atom. The van der Waals surface area contributed by atoms with Crippen molar-refractivity contribution in [1.82, 2.24) is 14.5 Å². The number of methoxy groups -OCH3 is 1. The summed E-state index contributed by atoms with van der Waals surface area (Å²) in [6, 6.07) is 15.7. The third-order valence-corrected chi connectivity index (χ3v) is 6.35. The maximum absolute atomic E-state index is 12.1. The fraction of sp³-hybridized carbons (Fsp3) is 0.269. The van der Waals surface area contributed by atoms with Gasteiger partial charge in [0.1, 0.15) is 23.5 Å². The van der Waals surface area contributed by atoms with Gasteiger partial charge in [-0.3, -0.25) is 4.79 Å². The number of ether oxygens (including phenoxy) is 1. The number of aromatic nitrogens is 3. The summed E-state index contributed by atoms with van der Waals surface area (Å²) in [5, 5.41) is 7.79. The van der Waals surface area contributed by atoms with Gasteiger partial charge in [0.2, 0.25) is 0 Å². The van der Waals surface area contributed by atoms with Gasteiger partial charge in [-0.05, 0) is 49.2 Å². The molecule has 0 unspecified atom stereocenters. The van der Waals surface area contributed by atoms with Crippen molar-refractivity contribution in [1.29, 1.82) is 0 Å². The topological polar surface area (TPSA) is 107 Å². The lowest BCUT2D eigenvalue weighted by Crippen LogP contribution is -2.24. The van der Waals surface area contributed by atoms with Gasteiger partial charge in [0.25, 0.3) is 5.91 Å². The first-order valence-corrected chi connectivity index (χ1v) is 11.6. The number of para-hydroxylation sites is 2. The maximum Gasteiger partial charge on any atom is 0.250 e. The van der Waals surface area contributed by atoms with Gasteiger partial charge in [0, 0.05) is 23.6 Å². The number of nitrogens with zero attached hydrogens (tertiary/aromatic N) is 3. The minimum Gasteiger partial charge on any atom is -0.495 e. The molecule has 0 saturated heterocycles. The van der Waals surface area contributed by atoms with Gasteiger partial charge in [0.05, 0.1) is 23.7 Å².